The second-order valence-electron chi connectivity index (χ2n) is 27.8. The summed E-state index contributed by atoms with van der Waals surface area (Å²) < 4.78 is 100. The summed E-state index contributed by atoms with van der Waals surface area (Å²) in [6, 6.07) is 25.5. The van der Waals surface area contributed by atoms with E-state index in [0.29, 0.717) is 192 Å². The molecule has 0 spiro atoms. The van der Waals surface area contributed by atoms with Crippen molar-refractivity contribution in [3.05, 3.63) is 163 Å². The van der Waals surface area contributed by atoms with Gasteiger partial charge in [-0.05, 0) is 97.5 Å². The molecule has 9 N–H and O–H groups in total. The van der Waals surface area contributed by atoms with Crippen molar-refractivity contribution in [2.24, 2.45) is 0 Å². The minimum absolute atomic E-state index is 0. The molecule has 18 rings (SSSR count). The molecule has 0 amide bonds. The molecule has 12 aromatic heterocycles. The maximum absolute atomic E-state index is 11.9. The first-order valence-electron chi connectivity index (χ1n) is 36.0. The van der Waals surface area contributed by atoms with E-state index in [0.717, 1.165) is 60.6 Å². The number of sulfonamides is 3. The van der Waals surface area contributed by atoms with E-state index in [-0.39, 0.29) is 47.1 Å². The van der Waals surface area contributed by atoms with E-state index in [1.165, 1.54) is 50.7 Å². The number of ether oxygens (including phenoxy) is 3. The summed E-state index contributed by atoms with van der Waals surface area (Å²) in [5.74, 6) is 2.45. The number of hydrogen-bond acceptors (Lipinski definition) is 27. The Kier molecular flexibility index (Phi) is 23.9. The van der Waals surface area contributed by atoms with Crippen molar-refractivity contribution in [1.29, 1.82) is 0 Å². The Morgan fingerprint density at radius 1 is 0.431 bits per heavy atom. The topological polar surface area (TPSA) is 473 Å². The molecular weight excluding hydrogens is 1570 g/mol. The zero-order valence-corrected chi connectivity index (χ0v) is 64.6. The highest BCUT2D eigenvalue weighted by molar-refractivity contribution is 7.88. The average molecular weight is 1660 g/mol. The van der Waals surface area contributed by atoms with Gasteiger partial charge in [-0.1, -0.05) is 82.4 Å². The van der Waals surface area contributed by atoms with Crippen LogP contribution in [-0.4, -0.2) is 219 Å². The summed E-state index contributed by atoms with van der Waals surface area (Å²) in [5.41, 5.74) is 27.8. The van der Waals surface area contributed by atoms with Crippen LogP contribution in [0.4, 0.5) is 17.5 Å². The number of aromatic nitrogens is 21. The molecule has 0 saturated carbocycles. The lowest BCUT2D eigenvalue weighted by atomic mass is 10.1. The molecule has 3 fully saturated rings. The van der Waals surface area contributed by atoms with Gasteiger partial charge in [-0.15, -0.1) is 0 Å². The van der Waals surface area contributed by atoms with Crippen molar-refractivity contribution in [2.45, 2.75) is 106 Å². The van der Waals surface area contributed by atoms with E-state index in [1.54, 1.807) is 57.3 Å². The fourth-order valence-corrected chi connectivity index (χ4v) is 17.3. The van der Waals surface area contributed by atoms with Crippen LogP contribution in [0.5, 0.6) is 17.6 Å². The van der Waals surface area contributed by atoms with Gasteiger partial charge in [-0.25, -0.2) is 97.1 Å². The van der Waals surface area contributed by atoms with Crippen LogP contribution in [0.1, 0.15) is 83.5 Å². The Bertz CT molecular complexity index is 6150. The molecule has 0 aliphatic carbocycles. The first-order chi connectivity index (χ1) is 54.4. The monoisotopic (exact) mass is 1650 g/mol. The summed E-state index contributed by atoms with van der Waals surface area (Å²) in [6.45, 7) is 5.48. The number of benzene rings is 3. The molecule has 15 heterocycles. The molecule has 0 bridgehead atoms. The number of H-pyrrole nitrogens is 3. The van der Waals surface area contributed by atoms with Crippen molar-refractivity contribution >= 4 is 125 Å². The van der Waals surface area contributed by atoms with E-state index in [2.05, 4.69) is 60.5 Å². The SMILES string of the molecule is C.C.C.CS(=O)(=O)N1CCC(Oc2nc(Cn3nc(-c4cn[nH]c4)c4c(N)ncnc43)cc3cccc(Cl)c23)CC1.CS(=O)(=O)N1CCC(Oc2nc(Cn3nc(-c4cn[nH]c4)c4c(N)ncnc43)cc3ccccc23)CC1.Cc1cccc2cc(Cn3nc(-c4cn[nH]c4)c4c(N)ncnc43)nc(OC3CCN(S(C)(=O)=O)CC3)c12. The van der Waals surface area contributed by atoms with Crippen LogP contribution in [0, 0.1) is 6.92 Å². The van der Waals surface area contributed by atoms with Gasteiger partial charge in [0, 0.05) is 85.3 Å². The standard InChI is InChI=1S/C25H27N9O3S.C24H24ClN9O3S.C24H25N9O3S.3CH4/c1-15-4-3-5-16-10-18(31-25(20(15)16)37-19-6-8-33(9-7-19)38(2,35)36)13-34-24-21(23(26)27-14-28-24)22(32-34)17-11-29-30-12-17;1-38(35,36)33-7-5-17(6-8-33)37-24-19-14(3-2-4-18(19)25)9-16(31-24)12-34-23-20(22(26)27-13-28-23)21(32-34)15-10-29-30-11-15;1-37(34,35)32-8-6-18(7-9-32)36-24-19-5-3-2-4-15(19)10-17(30-24)13-33-23-20(22(25)26-14-27-23)21(31-33)16-11-28-29-12-16;;;/h3-5,10-12,14,19H,6-9,13H2,1-2H3,(H,29,30)(H2,26,27,28);2-4,9-11,13,17H,5-8,12H2,1H3,(H,29,30)(H2,26,27,28);2-5,10-12,14,18H,6-9,13H2,1H3,(H,28,29)(H2,25,26,27);3*1H4. The smallest absolute Gasteiger partial charge is 0.223 e. The minimum Gasteiger partial charge on any atom is -0.474 e. The molecule has 40 heteroatoms. The number of fused-ring (bicyclic) bond motifs is 6. The maximum atomic E-state index is 11.9. The number of aromatic amines is 3. The van der Waals surface area contributed by atoms with Crippen LogP contribution in [0.15, 0.2) is 135 Å². The molecular formula is C76H88ClN27O9S3. The summed E-state index contributed by atoms with van der Waals surface area (Å²) >= 11 is 6.57. The second kappa shape index (κ2) is 33.8. The molecule has 0 atom stereocenters. The number of anilines is 3. The van der Waals surface area contributed by atoms with Gasteiger partial charge in [0.15, 0.2) is 16.9 Å². The third kappa shape index (κ3) is 17.2. The molecule has 36 nitrogen and oxygen atoms in total. The first kappa shape index (κ1) is 82.0. The Hall–Kier alpha value is -12.0. The predicted octanol–water partition coefficient (Wildman–Crippen LogP) is 9.46. The third-order valence-corrected chi connectivity index (χ3v) is 24.3. The Morgan fingerprint density at radius 3 is 1.15 bits per heavy atom. The molecule has 3 aliphatic heterocycles. The molecule has 0 radical (unpaired) electrons. The largest absolute Gasteiger partial charge is 0.474 e. The Balaban J connectivity index is 0.000000149. The van der Waals surface area contributed by atoms with Crippen LogP contribution in [0.2, 0.25) is 5.02 Å². The number of pyridine rings is 3. The summed E-state index contributed by atoms with van der Waals surface area (Å²) in [6.07, 6.45) is 21.2. The average Bonchev–Trinajstić information content (AvgIpc) is 1.58. The number of aryl methyl sites for hydroxylation is 1. The van der Waals surface area contributed by atoms with E-state index in [4.69, 9.17) is 73.3 Å². The number of nitrogens with zero attached hydrogens (tertiary/aromatic N) is 21. The zero-order chi connectivity index (χ0) is 78.5. The van der Waals surface area contributed by atoms with Gasteiger partial charge in [0.25, 0.3) is 0 Å². The number of rotatable bonds is 18. The lowest BCUT2D eigenvalue weighted by Crippen LogP contribution is -2.41. The van der Waals surface area contributed by atoms with E-state index in [9.17, 15) is 25.3 Å². The summed E-state index contributed by atoms with van der Waals surface area (Å²) in [5, 5.41) is 42.7. The summed E-state index contributed by atoms with van der Waals surface area (Å²) in [7, 11) is -9.65. The third-order valence-electron chi connectivity index (χ3n) is 20.0. The van der Waals surface area contributed by atoms with Crippen LogP contribution >= 0.6 is 11.6 Å². The second-order valence-corrected chi connectivity index (χ2v) is 34.1. The van der Waals surface area contributed by atoms with Gasteiger partial charge in [0.05, 0.1) is 101 Å². The van der Waals surface area contributed by atoms with Gasteiger partial charge in [-0.3, -0.25) is 15.3 Å². The van der Waals surface area contributed by atoms with E-state index < -0.39 is 30.1 Å². The van der Waals surface area contributed by atoms with Gasteiger partial charge in [0.1, 0.15) is 71.8 Å². The Morgan fingerprint density at radius 2 is 0.767 bits per heavy atom. The van der Waals surface area contributed by atoms with Crippen LogP contribution in [0.25, 0.3) is 99.2 Å². The van der Waals surface area contributed by atoms with Crippen molar-refractivity contribution in [1.82, 2.24) is 118 Å². The molecule has 3 saturated heterocycles. The highest BCUT2D eigenvalue weighted by Crippen LogP contribution is 2.39. The van der Waals surface area contributed by atoms with Crippen LogP contribution in [-0.2, 0) is 49.7 Å². The highest BCUT2D eigenvalue weighted by Gasteiger charge is 2.32. The van der Waals surface area contributed by atoms with Crippen molar-refractivity contribution in [3.8, 4) is 51.4 Å². The summed E-state index contributed by atoms with van der Waals surface area (Å²) in [4.78, 5) is 40.4. The van der Waals surface area contributed by atoms with Crippen molar-refractivity contribution in [2.75, 3.05) is 75.2 Å². The number of nitrogens with two attached hydrogens (primary N) is 3. The number of hydrogen-bond donors (Lipinski definition) is 6. The number of nitrogens with one attached hydrogen (secondary N) is 3. The highest BCUT2D eigenvalue weighted by atomic mass is 35.5. The fraction of sp³-hybridized carbons (Fsp3) is 0.329. The van der Waals surface area contributed by atoms with Crippen LogP contribution in [0.3, 0.4) is 0 Å². The number of piperidine rings is 3. The van der Waals surface area contributed by atoms with Crippen LogP contribution < -0.4 is 31.4 Å². The Labute approximate surface area is 672 Å². The molecule has 3 aliphatic rings. The normalized spacial score (nSPS) is 15.0. The lowest BCUT2D eigenvalue weighted by molar-refractivity contribution is 0.131. The zero-order valence-electron chi connectivity index (χ0n) is 61.4. The molecule has 0 unspecified atom stereocenters. The van der Waals surface area contributed by atoms with Crippen molar-refractivity contribution < 1.29 is 39.5 Å². The molecule has 606 valence electrons. The van der Waals surface area contributed by atoms with Gasteiger partial charge < -0.3 is 31.4 Å². The molecule has 3 aromatic carbocycles. The predicted molar refractivity (Wildman–Crippen MR) is 445 cm³/mol. The lowest BCUT2D eigenvalue weighted by Gasteiger charge is -2.30. The number of halogens is 1. The minimum atomic E-state index is -3.23. The number of nitrogen functional groups attached to an aromatic ring is 3. The quantitative estimate of drug-likeness (QED) is 0.0465. The first-order valence-corrected chi connectivity index (χ1v) is 41.9. The van der Waals surface area contributed by atoms with Crippen molar-refractivity contribution in [3.63, 3.8) is 0 Å². The molecule has 116 heavy (non-hydrogen) atoms. The van der Waals surface area contributed by atoms with E-state index >= 15 is 0 Å². The molecule has 15 aromatic rings. The fourth-order valence-electron chi connectivity index (χ4n) is 14.5. The maximum Gasteiger partial charge on any atom is 0.223 e. The van der Waals surface area contributed by atoms with E-state index in [1.807, 2.05) is 79.7 Å². The van der Waals surface area contributed by atoms with Gasteiger partial charge in [0.2, 0.25) is 47.7 Å². The van der Waals surface area contributed by atoms with Gasteiger partial charge >= 0.3 is 0 Å². The van der Waals surface area contributed by atoms with Gasteiger partial charge in [-0.2, -0.15) is 30.6 Å².